The standard InChI is InChI=1S/C16H22O6P/c1-6-21-23(19)15(14(18)20-5)22-13(17)11-7-9-12(10-8-11)16(2,3)4/h7-10,15H,6H2,1-5H3/q+1. The molecule has 0 N–H and O–H groups in total. The van der Waals surface area contributed by atoms with Crippen molar-refractivity contribution in [2.75, 3.05) is 13.7 Å². The Balaban J connectivity index is 2.90. The van der Waals surface area contributed by atoms with Crippen molar-refractivity contribution in [2.45, 2.75) is 39.0 Å². The van der Waals surface area contributed by atoms with Gasteiger partial charge in [0.25, 0.3) is 0 Å². The molecule has 0 aromatic heterocycles. The van der Waals surface area contributed by atoms with Gasteiger partial charge in [-0.1, -0.05) is 32.9 Å². The average Bonchev–Trinajstić information content (AvgIpc) is 2.51. The summed E-state index contributed by atoms with van der Waals surface area (Å²) in [6, 6.07) is 6.83. The van der Waals surface area contributed by atoms with Crippen molar-refractivity contribution >= 4 is 20.0 Å². The quantitative estimate of drug-likeness (QED) is 0.583. The Kier molecular flexibility index (Phi) is 6.85. The fourth-order valence-corrected chi connectivity index (χ4v) is 2.60. The van der Waals surface area contributed by atoms with Crippen LogP contribution in [0, 0.1) is 0 Å². The Bertz CT molecular complexity index is 573. The summed E-state index contributed by atoms with van der Waals surface area (Å²) in [7, 11) is -1.38. The van der Waals surface area contributed by atoms with Gasteiger partial charge >= 0.3 is 25.8 Å². The largest absolute Gasteiger partial charge is 0.566 e. The average molecular weight is 341 g/mol. The minimum atomic E-state index is -2.50. The van der Waals surface area contributed by atoms with Gasteiger partial charge in [-0.15, -0.1) is 4.52 Å². The smallest absolute Gasteiger partial charge is 0.463 e. The first-order valence-corrected chi connectivity index (χ1v) is 8.44. The molecule has 0 heterocycles. The zero-order chi connectivity index (χ0) is 17.6. The number of esters is 2. The molecule has 23 heavy (non-hydrogen) atoms. The van der Waals surface area contributed by atoms with Crippen molar-refractivity contribution in [1.29, 1.82) is 0 Å². The number of benzene rings is 1. The summed E-state index contributed by atoms with van der Waals surface area (Å²) in [6.45, 7) is 7.91. The third-order valence-electron chi connectivity index (χ3n) is 3.06. The van der Waals surface area contributed by atoms with Crippen LogP contribution in [0.4, 0.5) is 0 Å². The van der Waals surface area contributed by atoms with Gasteiger partial charge in [0.05, 0.1) is 19.3 Å². The summed E-state index contributed by atoms with van der Waals surface area (Å²) >= 11 is 0. The first-order chi connectivity index (χ1) is 10.7. The van der Waals surface area contributed by atoms with E-state index in [-0.39, 0.29) is 17.6 Å². The van der Waals surface area contributed by atoms with Crippen molar-refractivity contribution < 1.29 is 28.2 Å². The Labute approximate surface area is 137 Å². The lowest BCUT2D eigenvalue weighted by Crippen LogP contribution is -2.26. The van der Waals surface area contributed by atoms with Crippen LogP contribution in [0.1, 0.15) is 43.6 Å². The summed E-state index contributed by atoms with van der Waals surface area (Å²) in [5, 5.41) is 0. The first-order valence-electron chi connectivity index (χ1n) is 7.19. The molecule has 2 unspecified atom stereocenters. The number of carbonyl (C=O) groups excluding carboxylic acids is 2. The van der Waals surface area contributed by atoms with Gasteiger partial charge in [-0.3, -0.25) is 0 Å². The molecule has 0 fully saturated rings. The summed E-state index contributed by atoms with van der Waals surface area (Å²) in [6.07, 6.45) is 0. The van der Waals surface area contributed by atoms with Crippen LogP contribution in [-0.2, 0) is 28.8 Å². The van der Waals surface area contributed by atoms with E-state index in [1.165, 1.54) is 0 Å². The number of hydrogen-bond acceptors (Lipinski definition) is 6. The predicted molar refractivity (Wildman–Crippen MR) is 85.6 cm³/mol. The van der Waals surface area contributed by atoms with Crippen LogP contribution in [-0.4, -0.2) is 31.5 Å². The number of hydrogen-bond donors (Lipinski definition) is 0. The van der Waals surface area contributed by atoms with E-state index >= 15 is 0 Å². The third-order valence-corrected chi connectivity index (χ3v) is 4.27. The molecule has 7 heteroatoms. The van der Waals surface area contributed by atoms with E-state index in [0.717, 1.165) is 12.7 Å². The molecule has 0 aliphatic heterocycles. The van der Waals surface area contributed by atoms with Gasteiger partial charge in [-0.25, -0.2) is 9.59 Å². The predicted octanol–water partition coefficient (Wildman–Crippen LogP) is 3.42. The lowest BCUT2D eigenvalue weighted by molar-refractivity contribution is -0.146. The van der Waals surface area contributed by atoms with Crippen LogP contribution in [0.15, 0.2) is 24.3 Å². The molecular formula is C16H22O6P+. The second-order valence-electron chi connectivity index (χ2n) is 5.81. The maximum atomic E-state index is 12.1. The van der Waals surface area contributed by atoms with E-state index in [9.17, 15) is 14.2 Å². The van der Waals surface area contributed by atoms with Gasteiger partial charge in [-0.05, 0) is 34.6 Å². The monoisotopic (exact) mass is 341 g/mol. The first kappa shape index (κ1) is 19.3. The molecule has 6 nitrogen and oxygen atoms in total. The highest BCUT2D eigenvalue weighted by Gasteiger charge is 2.45. The van der Waals surface area contributed by atoms with Gasteiger partial charge in [0.15, 0.2) is 0 Å². The highest BCUT2D eigenvalue weighted by molar-refractivity contribution is 7.41. The van der Waals surface area contributed by atoms with Crippen LogP contribution in [0.3, 0.4) is 0 Å². The van der Waals surface area contributed by atoms with Crippen LogP contribution in [0.5, 0.6) is 0 Å². The van der Waals surface area contributed by atoms with Crippen LogP contribution >= 0.6 is 8.03 Å². The normalized spacial score (nSPS) is 13.2. The molecule has 0 saturated carbocycles. The fourth-order valence-electron chi connectivity index (χ4n) is 1.75. The molecule has 126 valence electrons. The molecule has 0 spiro atoms. The molecular weight excluding hydrogens is 319 g/mol. The van der Waals surface area contributed by atoms with Crippen molar-refractivity contribution in [1.82, 2.24) is 0 Å². The van der Waals surface area contributed by atoms with Crippen molar-refractivity contribution in [3.05, 3.63) is 35.4 Å². The van der Waals surface area contributed by atoms with Gasteiger partial charge < -0.3 is 9.47 Å². The molecule has 0 saturated heterocycles. The number of rotatable bonds is 6. The Morgan fingerprint density at radius 2 is 1.74 bits per heavy atom. The summed E-state index contributed by atoms with van der Waals surface area (Å²) in [5.41, 5.74) is 1.26. The minimum Gasteiger partial charge on any atom is -0.463 e. The van der Waals surface area contributed by atoms with Gasteiger partial charge in [0.1, 0.15) is 0 Å². The number of ether oxygens (including phenoxy) is 2. The van der Waals surface area contributed by atoms with Crippen molar-refractivity contribution in [2.24, 2.45) is 0 Å². The topological polar surface area (TPSA) is 78.9 Å². The van der Waals surface area contributed by atoms with E-state index in [4.69, 9.17) is 9.26 Å². The Morgan fingerprint density at radius 3 is 2.17 bits per heavy atom. The Hall–Kier alpha value is -1.78. The van der Waals surface area contributed by atoms with Gasteiger partial charge in [0, 0.05) is 0 Å². The van der Waals surface area contributed by atoms with Crippen LogP contribution in [0.2, 0.25) is 0 Å². The molecule has 1 aromatic carbocycles. The number of methoxy groups -OCH3 is 1. The molecule has 1 aromatic rings. The zero-order valence-electron chi connectivity index (χ0n) is 14.0. The SMILES string of the molecule is CCO[P+](=O)C(OC(=O)c1ccc(C(C)(C)C)cc1)C(=O)OC. The van der Waals surface area contributed by atoms with Crippen LogP contribution < -0.4 is 0 Å². The fraction of sp³-hybridized carbons (Fsp3) is 0.500. The van der Waals surface area contributed by atoms with Crippen molar-refractivity contribution in [3.63, 3.8) is 0 Å². The molecule has 0 aliphatic carbocycles. The Morgan fingerprint density at radius 1 is 1.17 bits per heavy atom. The number of carbonyl (C=O) groups is 2. The molecule has 0 aliphatic rings. The van der Waals surface area contributed by atoms with Gasteiger partial charge in [0.2, 0.25) is 0 Å². The van der Waals surface area contributed by atoms with E-state index in [0.29, 0.717) is 0 Å². The summed E-state index contributed by atoms with van der Waals surface area (Å²) < 4.78 is 26.2. The minimum absolute atomic E-state index is 0.0463. The molecule has 0 radical (unpaired) electrons. The molecule has 0 amide bonds. The zero-order valence-corrected chi connectivity index (χ0v) is 14.9. The molecule has 1 rings (SSSR count). The lowest BCUT2D eigenvalue weighted by Gasteiger charge is -2.18. The summed E-state index contributed by atoms with van der Waals surface area (Å²) in [5.74, 6) is -3.26. The maximum absolute atomic E-state index is 12.1. The summed E-state index contributed by atoms with van der Waals surface area (Å²) in [4.78, 5) is 23.7. The molecule has 2 atom stereocenters. The van der Waals surface area contributed by atoms with Crippen molar-refractivity contribution in [3.8, 4) is 0 Å². The maximum Gasteiger partial charge on any atom is 0.566 e. The molecule has 0 bridgehead atoms. The second-order valence-corrected chi connectivity index (χ2v) is 7.11. The van der Waals surface area contributed by atoms with E-state index in [2.05, 4.69) is 25.5 Å². The highest BCUT2D eigenvalue weighted by atomic mass is 31.1. The second kappa shape index (κ2) is 8.18. The van der Waals surface area contributed by atoms with E-state index < -0.39 is 25.8 Å². The van der Waals surface area contributed by atoms with E-state index in [1.54, 1.807) is 19.1 Å². The lowest BCUT2D eigenvalue weighted by atomic mass is 9.87. The van der Waals surface area contributed by atoms with E-state index in [1.807, 2.05) is 12.1 Å². The highest BCUT2D eigenvalue weighted by Crippen LogP contribution is 2.32. The van der Waals surface area contributed by atoms with Gasteiger partial charge in [-0.2, -0.15) is 0 Å². The van der Waals surface area contributed by atoms with Crippen LogP contribution in [0.25, 0.3) is 0 Å². The third kappa shape index (κ3) is 5.41.